The van der Waals surface area contributed by atoms with Crippen molar-refractivity contribution in [3.63, 3.8) is 0 Å². The third-order valence-electron chi connectivity index (χ3n) is 2.81. The Labute approximate surface area is 106 Å². The number of anilines is 2. The Kier molecular flexibility index (Phi) is 3.32. The molecule has 5 heteroatoms. The number of methoxy groups -OCH3 is 1. The standard InChI is InChI=1S/C13H16N4O/c1-3-8-6-9(4-5-11(8)18-2)10-7-12(14)16-17-13(10)15/h4-7H,3H2,1-2H3,(H2,14,16)(H2,15,17). The highest BCUT2D eigenvalue weighted by Gasteiger charge is 2.08. The molecular weight excluding hydrogens is 228 g/mol. The van der Waals surface area contributed by atoms with E-state index in [-0.39, 0.29) is 0 Å². The lowest BCUT2D eigenvalue weighted by Crippen LogP contribution is -2.01. The van der Waals surface area contributed by atoms with Gasteiger partial charge in [0, 0.05) is 5.56 Å². The molecule has 5 nitrogen and oxygen atoms in total. The summed E-state index contributed by atoms with van der Waals surface area (Å²) in [6.45, 7) is 2.07. The first-order chi connectivity index (χ1) is 8.65. The molecule has 0 saturated carbocycles. The summed E-state index contributed by atoms with van der Waals surface area (Å²) in [5.74, 6) is 1.60. The second-order valence-corrected chi connectivity index (χ2v) is 3.95. The van der Waals surface area contributed by atoms with Crippen LogP contribution in [-0.2, 0) is 6.42 Å². The predicted octanol–water partition coefficient (Wildman–Crippen LogP) is 1.88. The fourth-order valence-corrected chi connectivity index (χ4v) is 1.87. The van der Waals surface area contributed by atoms with E-state index in [1.807, 2.05) is 18.2 Å². The maximum atomic E-state index is 5.82. The molecule has 0 aliphatic rings. The summed E-state index contributed by atoms with van der Waals surface area (Å²) in [6.07, 6.45) is 0.880. The van der Waals surface area contributed by atoms with Gasteiger partial charge in [0.25, 0.3) is 0 Å². The van der Waals surface area contributed by atoms with Gasteiger partial charge in [0.1, 0.15) is 11.6 Å². The predicted molar refractivity (Wildman–Crippen MR) is 72.2 cm³/mol. The zero-order chi connectivity index (χ0) is 13.1. The molecule has 0 aliphatic carbocycles. The molecule has 0 atom stereocenters. The Morgan fingerprint density at radius 1 is 1.17 bits per heavy atom. The fourth-order valence-electron chi connectivity index (χ4n) is 1.87. The molecule has 0 bridgehead atoms. The van der Waals surface area contributed by atoms with Gasteiger partial charge in [-0.2, -0.15) is 0 Å². The molecule has 0 saturated heterocycles. The molecule has 0 fully saturated rings. The highest BCUT2D eigenvalue weighted by Crippen LogP contribution is 2.30. The van der Waals surface area contributed by atoms with Gasteiger partial charge in [0.15, 0.2) is 5.82 Å². The molecule has 2 rings (SSSR count). The number of aryl methyl sites for hydroxylation is 1. The number of nitrogens with zero attached hydrogens (tertiary/aromatic N) is 2. The summed E-state index contributed by atoms with van der Waals surface area (Å²) < 4.78 is 5.30. The normalized spacial score (nSPS) is 10.3. The third kappa shape index (κ3) is 2.20. The van der Waals surface area contributed by atoms with Crippen LogP contribution in [0.4, 0.5) is 11.6 Å². The van der Waals surface area contributed by atoms with Crippen LogP contribution >= 0.6 is 0 Å². The molecule has 1 aromatic carbocycles. The van der Waals surface area contributed by atoms with Crippen molar-refractivity contribution < 1.29 is 4.74 Å². The van der Waals surface area contributed by atoms with Crippen molar-refractivity contribution >= 4 is 11.6 Å². The van der Waals surface area contributed by atoms with Gasteiger partial charge in [-0.25, -0.2) is 0 Å². The zero-order valence-electron chi connectivity index (χ0n) is 10.5. The number of hydrogen-bond donors (Lipinski definition) is 2. The molecule has 0 aliphatic heterocycles. The molecule has 18 heavy (non-hydrogen) atoms. The van der Waals surface area contributed by atoms with Crippen molar-refractivity contribution in [1.29, 1.82) is 0 Å². The molecule has 0 spiro atoms. The Morgan fingerprint density at radius 3 is 2.61 bits per heavy atom. The van der Waals surface area contributed by atoms with Gasteiger partial charge in [-0.1, -0.05) is 13.0 Å². The van der Waals surface area contributed by atoms with Gasteiger partial charge in [-0.15, -0.1) is 10.2 Å². The van der Waals surface area contributed by atoms with Gasteiger partial charge in [-0.05, 0) is 35.7 Å². The van der Waals surface area contributed by atoms with Crippen LogP contribution in [-0.4, -0.2) is 17.3 Å². The SMILES string of the molecule is CCc1cc(-c2cc(N)nnc2N)ccc1OC. The largest absolute Gasteiger partial charge is 0.496 e. The van der Waals surface area contributed by atoms with E-state index < -0.39 is 0 Å². The summed E-state index contributed by atoms with van der Waals surface area (Å²) in [5.41, 5.74) is 14.3. The zero-order valence-corrected chi connectivity index (χ0v) is 10.5. The Balaban J connectivity index is 2.54. The van der Waals surface area contributed by atoms with Crippen molar-refractivity contribution in [2.24, 2.45) is 0 Å². The average molecular weight is 244 g/mol. The van der Waals surface area contributed by atoms with Crippen LogP contribution in [0.2, 0.25) is 0 Å². The van der Waals surface area contributed by atoms with Crippen LogP contribution in [0.1, 0.15) is 12.5 Å². The second kappa shape index (κ2) is 4.91. The van der Waals surface area contributed by atoms with E-state index in [0.717, 1.165) is 28.9 Å². The Morgan fingerprint density at radius 2 is 1.94 bits per heavy atom. The van der Waals surface area contributed by atoms with Crippen LogP contribution < -0.4 is 16.2 Å². The van der Waals surface area contributed by atoms with E-state index in [9.17, 15) is 0 Å². The van der Waals surface area contributed by atoms with E-state index in [1.165, 1.54) is 0 Å². The second-order valence-electron chi connectivity index (χ2n) is 3.95. The molecule has 1 heterocycles. The van der Waals surface area contributed by atoms with Crippen molar-refractivity contribution in [1.82, 2.24) is 10.2 Å². The lowest BCUT2D eigenvalue weighted by molar-refractivity contribution is 0.410. The highest BCUT2D eigenvalue weighted by atomic mass is 16.5. The topological polar surface area (TPSA) is 87.0 Å². The van der Waals surface area contributed by atoms with Crippen molar-refractivity contribution in [3.05, 3.63) is 29.8 Å². The Hall–Kier alpha value is -2.30. The molecular formula is C13H16N4O. The Bertz CT molecular complexity index is 569. The molecule has 0 unspecified atom stereocenters. The minimum Gasteiger partial charge on any atom is -0.496 e. The summed E-state index contributed by atoms with van der Waals surface area (Å²) in [7, 11) is 1.66. The summed E-state index contributed by atoms with van der Waals surface area (Å²) >= 11 is 0. The summed E-state index contributed by atoms with van der Waals surface area (Å²) in [6, 6.07) is 7.62. The van der Waals surface area contributed by atoms with E-state index >= 15 is 0 Å². The molecule has 1 aromatic heterocycles. The van der Waals surface area contributed by atoms with Gasteiger partial charge in [0.05, 0.1) is 7.11 Å². The minimum absolute atomic E-state index is 0.355. The number of aromatic nitrogens is 2. The van der Waals surface area contributed by atoms with Crippen LogP contribution in [0.3, 0.4) is 0 Å². The van der Waals surface area contributed by atoms with Crippen LogP contribution in [0.15, 0.2) is 24.3 Å². The molecule has 2 aromatic rings. The first-order valence-corrected chi connectivity index (χ1v) is 5.71. The van der Waals surface area contributed by atoms with Crippen molar-refractivity contribution in [2.45, 2.75) is 13.3 Å². The molecule has 0 radical (unpaired) electrons. The molecule has 0 amide bonds. The number of hydrogen-bond acceptors (Lipinski definition) is 5. The number of nitrogens with two attached hydrogens (primary N) is 2. The lowest BCUT2D eigenvalue weighted by atomic mass is 10.0. The number of ether oxygens (including phenoxy) is 1. The van der Waals surface area contributed by atoms with Crippen LogP contribution in [0.25, 0.3) is 11.1 Å². The van der Waals surface area contributed by atoms with E-state index in [2.05, 4.69) is 17.1 Å². The van der Waals surface area contributed by atoms with E-state index in [1.54, 1.807) is 13.2 Å². The van der Waals surface area contributed by atoms with Crippen LogP contribution in [0.5, 0.6) is 5.75 Å². The van der Waals surface area contributed by atoms with Gasteiger partial charge < -0.3 is 16.2 Å². The number of nitrogen functional groups attached to an aromatic ring is 2. The van der Waals surface area contributed by atoms with Crippen LogP contribution in [0, 0.1) is 0 Å². The van der Waals surface area contributed by atoms with Gasteiger partial charge in [-0.3, -0.25) is 0 Å². The first kappa shape index (κ1) is 12.2. The van der Waals surface area contributed by atoms with Gasteiger partial charge >= 0.3 is 0 Å². The van der Waals surface area contributed by atoms with Crippen molar-refractivity contribution in [3.8, 4) is 16.9 Å². The fraction of sp³-hybridized carbons (Fsp3) is 0.231. The summed E-state index contributed by atoms with van der Waals surface area (Å²) in [5, 5.41) is 7.54. The molecule has 4 N–H and O–H groups in total. The maximum Gasteiger partial charge on any atom is 0.154 e. The lowest BCUT2D eigenvalue weighted by Gasteiger charge is -2.10. The number of rotatable bonds is 3. The minimum atomic E-state index is 0.355. The molecule has 94 valence electrons. The maximum absolute atomic E-state index is 5.82. The van der Waals surface area contributed by atoms with E-state index in [4.69, 9.17) is 16.2 Å². The monoisotopic (exact) mass is 244 g/mol. The highest BCUT2D eigenvalue weighted by molar-refractivity contribution is 5.76. The smallest absolute Gasteiger partial charge is 0.154 e. The number of benzene rings is 1. The quantitative estimate of drug-likeness (QED) is 0.860. The summed E-state index contributed by atoms with van der Waals surface area (Å²) in [4.78, 5) is 0. The van der Waals surface area contributed by atoms with E-state index in [0.29, 0.717) is 11.6 Å². The first-order valence-electron chi connectivity index (χ1n) is 5.71. The van der Waals surface area contributed by atoms with Gasteiger partial charge in [0.2, 0.25) is 0 Å². The van der Waals surface area contributed by atoms with Crippen molar-refractivity contribution in [2.75, 3.05) is 18.6 Å². The third-order valence-corrected chi connectivity index (χ3v) is 2.81. The average Bonchev–Trinajstić information content (AvgIpc) is 2.40.